The molecule has 1 heterocycles. The van der Waals surface area contributed by atoms with Gasteiger partial charge in [-0.2, -0.15) is 0 Å². The maximum absolute atomic E-state index is 12.2. The molecule has 1 saturated heterocycles. The number of benzene rings is 1. The molecule has 0 spiro atoms. The number of carbonyl (C=O) groups excluding carboxylic acids is 2. The van der Waals surface area contributed by atoms with Gasteiger partial charge in [-0.3, -0.25) is 9.59 Å². The summed E-state index contributed by atoms with van der Waals surface area (Å²) in [5, 5.41) is 0. The largest absolute Gasteiger partial charge is 0.339 e. The van der Waals surface area contributed by atoms with Crippen LogP contribution in [0, 0.1) is 5.92 Å². The van der Waals surface area contributed by atoms with Gasteiger partial charge in [-0.1, -0.05) is 15.9 Å². The smallest absolute Gasteiger partial charge is 0.253 e. The number of amides is 1. The lowest BCUT2D eigenvalue weighted by molar-refractivity contribution is -0.121. The van der Waals surface area contributed by atoms with Crippen LogP contribution in [0.4, 0.5) is 0 Å². The number of hydrogen-bond donors (Lipinski definition) is 0. The lowest BCUT2D eigenvalue weighted by Gasteiger charge is -2.30. The van der Waals surface area contributed by atoms with E-state index >= 15 is 0 Å². The van der Waals surface area contributed by atoms with Gasteiger partial charge in [-0.25, -0.2) is 0 Å². The Morgan fingerprint density at radius 2 is 1.72 bits per heavy atom. The molecule has 0 aromatic heterocycles. The SMILES string of the molecule is CC(=O)C1CCN(C(=O)c2ccc(Br)cc2)CC1. The van der Waals surface area contributed by atoms with Crippen LogP contribution in [0.2, 0.25) is 0 Å². The van der Waals surface area contributed by atoms with Crippen molar-refractivity contribution in [2.45, 2.75) is 19.8 Å². The molecule has 1 aliphatic rings. The minimum absolute atomic E-state index is 0.0597. The van der Waals surface area contributed by atoms with Gasteiger partial charge in [0.15, 0.2) is 0 Å². The van der Waals surface area contributed by atoms with Crippen molar-refractivity contribution in [1.29, 1.82) is 0 Å². The molecule has 4 heteroatoms. The van der Waals surface area contributed by atoms with E-state index in [4.69, 9.17) is 0 Å². The van der Waals surface area contributed by atoms with Crippen molar-refractivity contribution in [3.8, 4) is 0 Å². The second-order valence-corrected chi connectivity index (χ2v) is 5.60. The van der Waals surface area contributed by atoms with Gasteiger partial charge in [-0.05, 0) is 44.0 Å². The predicted molar refractivity (Wildman–Crippen MR) is 73.5 cm³/mol. The summed E-state index contributed by atoms with van der Waals surface area (Å²) in [7, 11) is 0. The molecule has 1 aliphatic heterocycles. The molecule has 3 nitrogen and oxygen atoms in total. The van der Waals surface area contributed by atoms with Gasteiger partial charge in [0, 0.05) is 29.0 Å². The second-order valence-electron chi connectivity index (χ2n) is 4.68. The lowest BCUT2D eigenvalue weighted by atomic mass is 9.93. The van der Waals surface area contributed by atoms with Crippen molar-refractivity contribution in [3.05, 3.63) is 34.3 Å². The van der Waals surface area contributed by atoms with E-state index in [1.807, 2.05) is 29.2 Å². The van der Waals surface area contributed by atoms with Gasteiger partial charge in [0.05, 0.1) is 0 Å². The molecular formula is C14H16BrNO2. The van der Waals surface area contributed by atoms with Crippen molar-refractivity contribution in [2.24, 2.45) is 5.92 Å². The number of carbonyl (C=O) groups is 2. The molecule has 0 atom stereocenters. The molecule has 96 valence electrons. The summed E-state index contributed by atoms with van der Waals surface area (Å²) in [5.74, 6) is 0.439. The third-order valence-corrected chi connectivity index (χ3v) is 3.98. The van der Waals surface area contributed by atoms with Crippen LogP contribution in [-0.4, -0.2) is 29.7 Å². The van der Waals surface area contributed by atoms with Gasteiger partial charge in [0.2, 0.25) is 0 Å². The fraction of sp³-hybridized carbons (Fsp3) is 0.429. The maximum atomic E-state index is 12.2. The summed E-state index contributed by atoms with van der Waals surface area (Å²) in [4.78, 5) is 25.3. The zero-order chi connectivity index (χ0) is 13.1. The molecule has 1 aromatic rings. The molecule has 0 aliphatic carbocycles. The number of ketones is 1. The second kappa shape index (κ2) is 5.65. The summed E-state index contributed by atoms with van der Waals surface area (Å²) >= 11 is 3.35. The summed E-state index contributed by atoms with van der Waals surface area (Å²) in [6.07, 6.45) is 1.58. The molecule has 0 N–H and O–H groups in total. The number of halogens is 1. The molecule has 0 radical (unpaired) electrons. The third-order valence-electron chi connectivity index (χ3n) is 3.45. The highest BCUT2D eigenvalue weighted by molar-refractivity contribution is 9.10. The number of piperidine rings is 1. The van der Waals surface area contributed by atoms with E-state index < -0.39 is 0 Å². The summed E-state index contributed by atoms with van der Waals surface area (Å²) in [6, 6.07) is 7.39. The van der Waals surface area contributed by atoms with Gasteiger partial charge >= 0.3 is 0 Å². The molecule has 1 amide bonds. The molecular weight excluding hydrogens is 294 g/mol. The van der Waals surface area contributed by atoms with E-state index in [0.717, 1.165) is 17.3 Å². The van der Waals surface area contributed by atoms with Crippen LogP contribution in [-0.2, 0) is 4.79 Å². The van der Waals surface area contributed by atoms with E-state index in [1.54, 1.807) is 6.92 Å². The van der Waals surface area contributed by atoms with E-state index in [2.05, 4.69) is 15.9 Å². The lowest BCUT2D eigenvalue weighted by Crippen LogP contribution is -2.39. The highest BCUT2D eigenvalue weighted by Gasteiger charge is 2.25. The zero-order valence-electron chi connectivity index (χ0n) is 10.4. The number of rotatable bonds is 2. The van der Waals surface area contributed by atoms with Crippen LogP contribution in [0.15, 0.2) is 28.7 Å². The molecule has 0 bridgehead atoms. The fourth-order valence-corrected chi connectivity index (χ4v) is 2.53. The van der Waals surface area contributed by atoms with Crippen molar-refractivity contribution in [1.82, 2.24) is 4.90 Å². The number of Topliss-reactive ketones (excluding diaryl/α,β-unsaturated/α-hetero) is 1. The predicted octanol–water partition coefficient (Wildman–Crippen LogP) is 2.89. The average molecular weight is 310 g/mol. The quantitative estimate of drug-likeness (QED) is 0.842. The first-order valence-corrected chi connectivity index (χ1v) is 6.92. The Balaban J connectivity index is 1.99. The molecule has 0 saturated carbocycles. The monoisotopic (exact) mass is 309 g/mol. The third kappa shape index (κ3) is 2.99. The van der Waals surface area contributed by atoms with Gasteiger partial charge in [0.25, 0.3) is 5.91 Å². The minimum Gasteiger partial charge on any atom is -0.339 e. The van der Waals surface area contributed by atoms with Crippen LogP contribution in [0.25, 0.3) is 0 Å². The van der Waals surface area contributed by atoms with E-state index in [1.165, 1.54) is 0 Å². The average Bonchev–Trinajstić information content (AvgIpc) is 2.39. The highest BCUT2D eigenvalue weighted by Crippen LogP contribution is 2.20. The first-order valence-electron chi connectivity index (χ1n) is 6.13. The Morgan fingerprint density at radius 3 is 2.22 bits per heavy atom. The minimum atomic E-state index is 0.0597. The first-order chi connectivity index (χ1) is 8.58. The van der Waals surface area contributed by atoms with E-state index in [-0.39, 0.29) is 17.6 Å². The molecule has 1 aromatic carbocycles. The summed E-state index contributed by atoms with van der Waals surface area (Å²) < 4.78 is 0.967. The normalized spacial score (nSPS) is 16.7. The molecule has 0 unspecified atom stereocenters. The number of likely N-dealkylation sites (tertiary alicyclic amines) is 1. The van der Waals surface area contributed by atoms with Gasteiger partial charge < -0.3 is 4.90 Å². The van der Waals surface area contributed by atoms with Crippen molar-refractivity contribution in [2.75, 3.05) is 13.1 Å². The number of nitrogens with zero attached hydrogens (tertiary/aromatic N) is 1. The summed E-state index contributed by atoms with van der Waals surface area (Å²) in [6.45, 7) is 3.00. The van der Waals surface area contributed by atoms with E-state index in [0.29, 0.717) is 18.7 Å². The zero-order valence-corrected chi connectivity index (χ0v) is 11.9. The number of hydrogen-bond acceptors (Lipinski definition) is 2. The van der Waals surface area contributed by atoms with Gasteiger partial charge in [-0.15, -0.1) is 0 Å². The van der Waals surface area contributed by atoms with Crippen LogP contribution in [0.5, 0.6) is 0 Å². The van der Waals surface area contributed by atoms with E-state index in [9.17, 15) is 9.59 Å². The Hall–Kier alpha value is -1.16. The van der Waals surface area contributed by atoms with Gasteiger partial charge in [0.1, 0.15) is 5.78 Å². The van der Waals surface area contributed by atoms with Crippen LogP contribution in [0.1, 0.15) is 30.1 Å². The van der Waals surface area contributed by atoms with Crippen molar-refractivity contribution < 1.29 is 9.59 Å². The first kappa shape index (κ1) is 13.3. The Morgan fingerprint density at radius 1 is 1.17 bits per heavy atom. The van der Waals surface area contributed by atoms with Crippen LogP contribution < -0.4 is 0 Å². The van der Waals surface area contributed by atoms with Crippen LogP contribution in [0.3, 0.4) is 0 Å². The van der Waals surface area contributed by atoms with Crippen LogP contribution >= 0.6 is 15.9 Å². The topological polar surface area (TPSA) is 37.4 Å². The Labute approximate surface area is 115 Å². The fourth-order valence-electron chi connectivity index (χ4n) is 2.26. The Kier molecular flexibility index (Phi) is 4.17. The molecule has 1 fully saturated rings. The van der Waals surface area contributed by atoms with Crippen molar-refractivity contribution >= 4 is 27.6 Å². The standard InChI is InChI=1S/C14H16BrNO2/c1-10(17)11-6-8-16(9-7-11)14(18)12-2-4-13(15)5-3-12/h2-5,11H,6-9H2,1H3. The highest BCUT2D eigenvalue weighted by atomic mass is 79.9. The molecule has 2 rings (SSSR count). The Bertz CT molecular complexity index is 447. The summed E-state index contributed by atoms with van der Waals surface area (Å²) in [5.41, 5.74) is 0.708. The molecule has 18 heavy (non-hydrogen) atoms. The maximum Gasteiger partial charge on any atom is 0.253 e. The van der Waals surface area contributed by atoms with Crippen molar-refractivity contribution in [3.63, 3.8) is 0 Å².